The van der Waals surface area contributed by atoms with Crippen LogP contribution in [0, 0.1) is 11.6 Å². The van der Waals surface area contributed by atoms with Crippen molar-refractivity contribution >= 4 is 40.5 Å². The number of anilines is 1. The van der Waals surface area contributed by atoms with Crippen molar-refractivity contribution in [3.05, 3.63) is 51.2 Å². The maximum atomic E-state index is 13.3. The third-order valence-corrected chi connectivity index (χ3v) is 3.55. The third kappa shape index (κ3) is 3.99. The van der Waals surface area contributed by atoms with Gasteiger partial charge in [0, 0.05) is 0 Å². The van der Waals surface area contributed by atoms with E-state index >= 15 is 0 Å². The Morgan fingerprint density at radius 2 is 1.86 bits per heavy atom. The normalized spacial score (nSPS) is 10.2. The van der Waals surface area contributed by atoms with E-state index in [1.807, 2.05) is 5.32 Å². The second-order valence-corrected chi connectivity index (χ2v) is 5.54. The number of carbonyl (C=O) groups excluding carboxylic acids is 2. The Labute approximate surface area is 127 Å². The number of halogens is 3. The van der Waals surface area contributed by atoms with Crippen LogP contribution in [-0.2, 0) is 9.53 Å². The minimum Gasteiger partial charge on any atom is -0.451 e. The van der Waals surface area contributed by atoms with Gasteiger partial charge in [0.25, 0.3) is 5.91 Å². The van der Waals surface area contributed by atoms with Gasteiger partial charge in [-0.2, -0.15) is 0 Å². The molecule has 21 heavy (non-hydrogen) atoms. The van der Waals surface area contributed by atoms with Crippen LogP contribution in [0.1, 0.15) is 9.67 Å². The molecular weight excluding hydrogens is 324 g/mol. The van der Waals surface area contributed by atoms with Gasteiger partial charge in [0.15, 0.2) is 6.61 Å². The van der Waals surface area contributed by atoms with Crippen LogP contribution in [0.3, 0.4) is 0 Å². The summed E-state index contributed by atoms with van der Waals surface area (Å²) in [5, 5.41) is 2.00. The number of ether oxygens (including phenoxy) is 1. The van der Waals surface area contributed by atoms with Crippen molar-refractivity contribution < 1.29 is 23.1 Å². The molecular formula is C13H8ClF2NO3S. The van der Waals surface area contributed by atoms with E-state index in [0.717, 1.165) is 23.5 Å². The summed E-state index contributed by atoms with van der Waals surface area (Å²) in [5.41, 5.74) is -0.585. The SMILES string of the molecule is O=C(COC(=O)c1ccc(Cl)s1)Nc1c(F)cccc1F. The van der Waals surface area contributed by atoms with Crippen molar-refractivity contribution in [1.29, 1.82) is 0 Å². The summed E-state index contributed by atoms with van der Waals surface area (Å²) >= 11 is 6.65. The lowest BCUT2D eigenvalue weighted by atomic mass is 10.3. The van der Waals surface area contributed by atoms with Gasteiger partial charge in [-0.3, -0.25) is 4.79 Å². The molecule has 0 saturated heterocycles. The second-order valence-electron chi connectivity index (χ2n) is 3.82. The first-order valence-corrected chi connectivity index (χ1v) is 6.83. The van der Waals surface area contributed by atoms with Crippen LogP contribution in [0.25, 0.3) is 0 Å². The van der Waals surface area contributed by atoms with E-state index in [-0.39, 0.29) is 4.88 Å². The Bertz CT molecular complexity index is 670. The molecule has 1 aromatic carbocycles. The first kappa shape index (κ1) is 15.4. The molecule has 0 aliphatic heterocycles. The summed E-state index contributed by atoms with van der Waals surface area (Å²) in [6, 6.07) is 6.12. The molecule has 0 atom stereocenters. The maximum absolute atomic E-state index is 13.3. The van der Waals surface area contributed by atoms with Gasteiger partial charge in [0.05, 0.1) is 4.34 Å². The van der Waals surface area contributed by atoms with Crippen molar-refractivity contribution in [2.45, 2.75) is 0 Å². The van der Waals surface area contributed by atoms with Crippen LogP contribution >= 0.6 is 22.9 Å². The van der Waals surface area contributed by atoms with E-state index in [2.05, 4.69) is 0 Å². The highest BCUT2D eigenvalue weighted by Crippen LogP contribution is 2.22. The predicted molar refractivity (Wildman–Crippen MR) is 74.6 cm³/mol. The number of rotatable bonds is 4. The van der Waals surface area contributed by atoms with Gasteiger partial charge in [-0.15, -0.1) is 11.3 Å². The van der Waals surface area contributed by atoms with Crippen LogP contribution in [0.5, 0.6) is 0 Å². The Kier molecular flexibility index (Phi) is 4.87. The zero-order chi connectivity index (χ0) is 15.4. The molecule has 2 aromatic rings. The quantitative estimate of drug-likeness (QED) is 0.873. The molecule has 1 N–H and O–H groups in total. The van der Waals surface area contributed by atoms with E-state index in [4.69, 9.17) is 16.3 Å². The number of amides is 1. The molecule has 1 heterocycles. The average Bonchev–Trinajstić information content (AvgIpc) is 2.87. The molecule has 0 spiro atoms. The van der Waals surface area contributed by atoms with Crippen molar-refractivity contribution in [3.8, 4) is 0 Å². The van der Waals surface area contributed by atoms with Gasteiger partial charge in [-0.1, -0.05) is 17.7 Å². The highest BCUT2D eigenvalue weighted by molar-refractivity contribution is 7.17. The lowest BCUT2D eigenvalue weighted by molar-refractivity contribution is -0.119. The minimum atomic E-state index is -0.917. The highest BCUT2D eigenvalue weighted by atomic mass is 35.5. The largest absolute Gasteiger partial charge is 0.451 e. The van der Waals surface area contributed by atoms with Crippen molar-refractivity contribution in [1.82, 2.24) is 0 Å². The summed E-state index contributed by atoms with van der Waals surface area (Å²) in [6.45, 7) is -0.665. The lowest BCUT2D eigenvalue weighted by Crippen LogP contribution is -2.21. The molecule has 0 radical (unpaired) electrons. The number of esters is 1. The zero-order valence-electron chi connectivity index (χ0n) is 10.4. The highest BCUT2D eigenvalue weighted by Gasteiger charge is 2.15. The lowest BCUT2D eigenvalue weighted by Gasteiger charge is -2.07. The molecule has 0 unspecified atom stereocenters. The Morgan fingerprint density at radius 3 is 2.43 bits per heavy atom. The molecule has 0 aliphatic carbocycles. The number of carbonyl (C=O) groups is 2. The number of nitrogens with one attached hydrogen (secondary N) is 1. The molecule has 0 bridgehead atoms. The molecule has 0 aliphatic rings. The topological polar surface area (TPSA) is 55.4 Å². The fourth-order valence-corrected chi connectivity index (χ4v) is 2.36. The first-order chi connectivity index (χ1) is 9.97. The summed E-state index contributed by atoms with van der Waals surface area (Å²) in [7, 11) is 0. The van der Waals surface area contributed by atoms with Gasteiger partial charge in [-0.05, 0) is 24.3 Å². The molecule has 0 fully saturated rings. The van der Waals surface area contributed by atoms with Gasteiger partial charge < -0.3 is 10.1 Å². The fourth-order valence-electron chi connectivity index (χ4n) is 1.42. The van der Waals surface area contributed by atoms with Crippen molar-refractivity contribution in [2.75, 3.05) is 11.9 Å². The minimum absolute atomic E-state index is 0.227. The molecule has 2 rings (SSSR count). The van der Waals surface area contributed by atoms with Crippen molar-refractivity contribution in [2.24, 2.45) is 0 Å². The Hall–Kier alpha value is -1.99. The number of hydrogen-bond acceptors (Lipinski definition) is 4. The standard InChI is InChI=1S/C13H8ClF2NO3S/c14-10-5-4-9(21-10)13(19)20-6-11(18)17-12-7(15)2-1-3-8(12)16/h1-5H,6H2,(H,17,18). The summed E-state index contributed by atoms with van der Waals surface area (Å²) in [4.78, 5) is 23.3. The van der Waals surface area contributed by atoms with Crippen LogP contribution in [0.2, 0.25) is 4.34 Å². The van der Waals surface area contributed by atoms with E-state index in [9.17, 15) is 18.4 Å². The smallest absolute Gasteiger partial charge is 0.348 e. The van der Waals surface area contributed by atoms with Crippen LogP contribution in [-0.4, -0.2) is 18.5 Å². The van der Waals surface area contributed by atoms with E-state index in [1.165, 1.54) is 18.2 Å². The van der Waals surface area contributed by atoms with Gasteiger partial charge >= 0.3 is 5.97 Å². The van der Waals surface area contributed by atoms with Crippen LogP contribution in [0.15, 0.2) is 30.3 Å². The molecule has 8 heteroatoms. The monoisotopic (exact) mass is 331 g/mol. The second kappa shape index (κ2) is 6.64. The van der Waals surface area contributed by atoms with E-state index in [0.29, 0.717) is 4.34 Å². The number of para-hydroxylation sites is 1. The van der Waals surface area contributed by atoms with Gasteiger partial charge in [0.2, 0.25) is 0 Å². The molecule has 0 saturated carbocycles. The predicted octanol–water partition coefficient (Wildman–Crippen LogP) is 3.48. The van der Waals surface area contributed by atoms with Crippen LogP contribution in [0.4, 0.5) is 14.5 Å². The fraction of sp³-hybridized carbons (Fsp3) is 0.0769. The summed E-state index contributed by atoms with van der Waals surface area (Å²) in [5.74, 6) is -3.43. The first-order valence-electron chi connectivity index (χ1n) is 5.63. The Morgan fingerprint density at radius 1 is 1.19 bits per heavy atom. The van der Waals surface area contributed by atoms with Gasteiger partial charge in [-0.25, -0.2) is 13.6 Å². The molecule has 110 valence electrons. The van der Waals surface area contributed by atoms with E-state index < -0.39 is 35.8 Å². The Balaban J connectivity index is 1.92. The average molecular weight is 332 g/mol. The number of hydrogen-bond donors (Lipinski definition) is 1. The molecule has 1 amide bonds. The molecule has 1 aromatic heterocycles. The van der Waals surface area contributed by atoms with E-state index in [1.54, 1.807) is 0 Å². The molecule has 4 nitrogen and oxygen atoms in total. The van der Waals surface area contributed by atoms with Crippen molar-refractivity contribution in [3.63, 3.8) is 0 Å². The van der Waals surface area contributed by atoms with Gasteiger partial charge in [0.1, 0.15) is 22.2 Å². The third-order valence-electron chi connectivity index (χ3n) is 2.34. The number of benzene rings is 1. The number of thiophene rings is 1. The zero-order valence-corrected chi connectivity index (χ0v) is 11.9. The maximum Gasteiger partial charge on any atom is 0.348 e. The van der Waals surface area contributed by atoms with Crippen LogP contribution < -0.4 is 5.32 Å². The summed E-state index contributed by atoms with van der Waals surface area (Å²) in [6.07, 6.45) is 0. The summed E-state index contributed by atoms with van der Waals surface area (Å²) < 4.78 is 31.7.